The number of nitrogens with one attached hydrogen (secondary N) is 1. The fourth-order valence-corrected chi connectivity index (χ4v) is 5.23. The van der Waals surface area contributed by atoms with Crippen LogP contribution in [-0.4, -0.2) is 44.0 Å². The van der Waals surface area contributed by atoms with Gasteiger partial charge in [0, 0.05) is 11.4 Å². The summed E-state index contributed by atoms with van der Waals surface area (Å²) in [4.78, 5) is 30.2. The summed E-state index contributed by atoms with van der Waals surface area (Å²) in [6, 6.07) is 8.33. The summed E-state index contributed by atoms with van der Waals surface area (Å²) in [6.45, 7) is 10.2. The van der Waals surface area contributed by atoms with Crippen LogP contribution in [0.25, 0.3) is 0 Å². The second-order valence-corrected chi connectivity index (χ2v) is 9.88. The van der Waals surface area contributed by atoms with Crippen LogP contribution in [0.15, 0.2) is 47.0 Å². The topological polar surface area (TPSA) is 99.0 Å². The first-order valence-electron chi connectivity index (χ1n) is 10.2. The van der Waals surface area contributed by atoms with Crippen LogP contribution in [0.3, 0.4) is 0 Å². The molecule has 3 rings (SSSR count). The predicted octanol–water partition coefficient (Wildman–Crippen LogP) is 4.74. The molecule has 11 heteroatoms. The van der Waals surface area contributed by atoms with Gasteiger partial charge in [-0.25, -0.2) is 9.78 Å². The summed E-state index contributed by atoms with van der Waals surface area (Å²) in [7, 11) is 0. The zero-order valence-electron chi connectivity index (χ0n) is 18.7. The third-order valence-electron chi connectivity index (χ3n) is 4.33. The molecule has 2 aromatic heterocycles. The summed E-state index contributed by atoms with van der Waals surface area (Å²) in [5.74, 6) is 0.932. The normalized spacial score (nSPS) is 10.8. The van der Waals surface area contributed by atoms with Crippen LogP contribution in [0, 0.1) is 13.8 Å². The molecule has 0 atom stereocenters. The summed E-state index contributed by atoms with van der Waals surface area (Å²) in [5, 5.41) is 12.3. The highest BCUT2D eigenvalue weighted by molar-refractivity contribution is 7.99. The number of anilines is 1. The molecule has 0 spiro atoms. The van der Waals surface area contributed by atoms with Gasteiger partial charge in [-0.15, -0.1) is 28.5 Å². The lowest BCUT2D eigenvalue weighted by molar-refractivity contribution is -0.113. The Morgan fingerprint density at radius 3 is 2.67 bits per heavy atom. The van der Waals surface area contributed by atoms with Crippen molar-refractivity contribution in [1.29, 1.82) is 0 Å². The van der Waals surface area contributed by atoms with Gasteiger partial charge in [0.25, 0.3) is 0 Å². The summed E-state index contributed by atoms with van der Waals surface area (Å²) < 4.78 is 6.97. The van der Waals surface area contributed by atoms with Crippen molar-refractivity contribution in [3.8, 4) is 0 Å². The van der Waals surface area contributed by atoms with E-state index >= 15 is 0 Å². The van der Waals surface area contributed by atoms with E-state index in [1.165, 1.54) is 17.3 Å². The number of carbonyl (C=O) groups is 2. The van der Waals surface area contributed by atoms with Crippen molar-refractivity contribution < 1.29 is 14.3 Å². The van der Waals surface area contributed by atoms with Gasteiger partial charge in [-0.1, -0.05) is 46.9 Å². The van der Waals surface area contributed by atoms with E-state index in [0.717, 1.165) is 22.1 Å². The van der Waals surface area contributed by atoms with Crippen LogP contribution in [-0.2, 0) is 21.8 Å². The lowest BCUT2D eigenvalue weighted by Crippen LogP contribution is -2.14. The Hall–Kier alpha value is -2.63. The zero-order chi connectivity index (χ0) is 23.8. The van der Waals surface area contributed by atoms with E-state index in [4.69, 9.17) is 4.74 Å². The van der Waals surface area contributed by atoms with Gasteiger partial charge in [0.05, 0.1) is 23.8 Å². The highest BCUT2D eigenvalue weighted by Gasteiger charge is 2.18. The number of thiazole rings is 1. The van der Waals surface area contributed by atoms with Crippen molar-refractivity contribution in [2.45, 2.75) is 43.1 Å². The quantitative estimate of drug-likeness (QED) is 0.228. The molecule has 2 heterocycles. The van der Waals surface area contributed by atoms with Gasteiger partial charge in [0.1, 0.15) is 10.7 Å². The van der Waals surface area contributed by atoms with E-state index in [-0.39, 0.29) is 18.3 Å². The molecule has 3 aromatic rings. The molecular weight excluding hydrogens is 478 g/mol. The maximum absolute atomic E-state index is 12.5. The molecule has 0 saturated heterocycles. The van der Waals surface area contributed by atoms with Gasteiger partial charge >= 0.3 is 5.97 Å². The number of hydrogen-bond acceptors (Lipinski definition) is 9. The van der Waals surface area contributed by atoms with Crippen molar-refractivity contribution in [1.82, 2.24) is 19.7 Å². The van der Waals surface area contributed by atoms with Crippen molar-refractivity contribution in [2.24, 2.45) is 0 Å². The van der Waals surface area contributed by atoms with E-state index in [1.54, 1.807) is 31.7 Å². The molecule has 0 radical (unpaired) electrons. The van der Waals surface area contributed by atoms with Crippen LogP contribution in [0.4, 0.5) is 5.13 Å². The van der Waals surface area contributed by atoms with Gasteiger partial charge in [0.15, 0.2) is 10.3 Å². The summed E-state index contributed by atoms with van der Waals surface area (Å²) in [5.41, 5.74) is 1.75. The zero-order valence-corrected chi connectivity index (χ0v) is 21.1. The average molecular weight is 504 g/mol. The first-order chi connectivity index (χ1) is 15.9. The Bertz CT molecular complexity index is 1130. The SMILES string of the molecule is C=CCn1c(CSc2ccc(C)cc2)nnc1SCC(=O)Nc1nc(C)c(C(=O)OCC)s1. The second kappa shape index (κ2) is 12.0. The van der Waals surface area contributed by atoms with Crippen LogP contribution in [0.2, 0.25) is 0 Å². The maximum Gasteiger partial charge on any atom is 0.350 e. The molecule has 1 amide bonds. The van der Waals surface area contributed by atoms with Crippen molar-refractivity contribution in [2.75, 3.05) is 17.7 Å². The highest BCUT2D eigenvalue weighted by atomic mass is 32.2. The summed E-state index contributed by atoms with van der Waals surface area (Å²) >= 11 is 4.07. The number of ether oxygens (including phenoxy) is 1. The van der Waals surface area contributed by atoms with Gasteiger partial charge in [0.2, 0.25) is 5.91 Å². The third kappa shape index (κ3) is 6.92. The molecule has 0 saturated carbocycles. The fourth-order valence-electron chi connectivity index (χ4n) is 2.75. The predicted molar refractivity (Wildman–Crippen MR) is 133 cm³/mol. The van der Waals surface area contributed by atoms with Gasteiger partial charge in [-0.3, -0.25) is 4.79 Å². The minimum Gasteiger partial charge on any atom is -0.462 e. The maximum atomic E-state index is 12.5. The molecular formula is C22H25N5O3S3. The van der Waals surface area contributed by atoms with E-state index in [0.29, 0.717) is 33.2 Å². The minimum atomic E-state index is -0.434. The van der Waals surface area contributed by atoms with Crippen LogP contribution in [0.1, 0.15) is 33.7 Å². The monoisotopic (exact) mass is 503 g/mol. The van der Waals surface area contributed by atoms with Crippen molar-refractivity contribution >= 4 is 51.9 Å². The first-order valence-corrected chi connectivity index (χ1v) is 13.0. The molecule has 8 nitrogen and oxygen atoms in total. The standard InChI is InChI=1S/C22H25N5O3S3/c1-5-11-27-17(12-31-16-9-7-14(3)8-10-16)25-26-22(27)32-13-18(28)24-21-23-15(4)19(33-21)20(29)30-6-2/h5,7-10H,1,6,11-13H2,2-4H3,(H,23,24,28). The van der Waals surface area contributed by atoms with E-state index in [9.17, 15) is 9.59 Å². The van der Waals surface area contributed by atoms with Crippen LogP contribution < -0.4 is 5.32 Å². The van der Waals surface area contributed by atoms with Gasteiger partial charge in [-0.2, -0.15) is 0 Å². The van der Waals surface area contributed by atoms with Gasteiger partial charge in [-0.05, 0) is 32.9 Å². The Kier molecular flexibility index (Phi) is 9.10. The highest BCUT2D eigenvalue weighted by Crippen LogP contribution is 2.26. The number of aryl methyl sites for hydroxylation is 2. The molecule has 1 aromatic carbocycles. The molecule has 1 N–H and O–H groups in total. The number of thioether (sulfide) groups is 2. The Balaban J connectivity index is 1.59. The molecule has 0 aliphatic carbocycles. The molecule has 0 fully saturated rings. The third-order valence-corrected chi connectivity index (χ3v) is 7.36. The number of carbonyl (C=O) groups excluding carboxylic acids is 2. The number of aromatic nitrogens is 4. The van der Waals surface area contributed by atoms with E-state index in [2.05, 4.69) is 58.3 Å². The lowest BCUT2D eigenvalue weighted by atomic mass is 10.2. The van der Waals surface area contributed by atoms with Crippen molar-refractivity contribution in [3.63, 3.8) is 0 Å². The number of rotatable bonds is 11. The Morgan fingerprint density at radius 2 is 1.97 bits per heavy atom. The lowest BCUT2D eigenvalue weighted by Gasteiger charge is -2.08. The number of allylic oxidation sites excluding steroid dienone is 1. The molecule has 0 aliphatic rings. The van der Waals surface area contributed by atoms with Crippen LogP contribution >= 0.6 is 34.9 Å². The van der Waals surface area contributed by atoms with Crippen molar-refractivity contribution in [3.05, 3.63) is 58.9 Å². The number of benzene rings is 1. The molecule has 0 unspecified atom stereocenters. The Morgan fingerprint density at radius 1 is 1.21 bits per heavy atom. The van der Waals surface area contributed by atoms with E-state index < -0.39 is 5.97 Å². The molecule has 0 aliphatic heterocycles. The number of nitrogens with zero attached hydrogens (tertiary/aromatic N) is 4. The largest absolute Gasteiger partial charge is 0.462 e. The minimum absolute atomic E-state index is 0.133. The first kappa shape index (κ1) is 25.0. The fraction of sp³-hybridized carbons (Fsp3) is 0.318. The molecule has 174 valence electrons. The van der Waals surface area contributed by atoms with Crippen LogP contribution in [0.5, 0.6) is 0 Å². The molecule has 0 bridgehead atoms. The number of esters is 1. The summed E-state index contributed by atoms with van der Waals surface area (Å²) in [6.07, 6.45) is 1.78. The van der Waals surface area contributed by atoms with Gasteiger partial charge < -0.3 is 14.6 Å². The average Bonchev–Trinajstić information content (AvgIpc) is 3.35. The second-order valence-electron chi connectivity index (χ2n) is 6.89. The number of amides is 1. The molecule has 33 heavy (non-hydrogen) atoms. The number of hydrogen-bond donors (Lipinski definition) is 1. The van der Waals surface area contributed by atoms with E-state index in [1.807, 2.05) is 4.57 Å². The smallest absolute Gasteiger partial charge is 0.350 e. The Labute approximate surface area is 205 Å².